The molecule has 1 saturated heterocycles. The van der Waals surface area contributed by atoms with E-state index in [9.17, 15) is 13.2 Å². The van der Waals surface area contributed by atoms with Crippen molar-refractivity contribution in [2.24, 2.45) is 0 Å². The Morgan fingerprint density at radius 2 is 2.15 bits per heavy atom. The second kappa shape index (κ2) is 6.74. The SMILES string of the molecule is CCn1nccc1N1CCC[C@@H](NS(=O)(=O)c2cccc3nonc23)C1=O. The number of piperidine rings is 1. The van der Waals surface area contributed by atoms with Crippen LogP contribution in [0.4, 0.5) is 5.82 Å². The number of amides is 1. The van der Waals surface area contributed by atoms with Crippen LogP contribution in [0.25, 0.3) is 11.0 Å². The van der Waals surface area contributed by atoms with Gasteiger partial charge in [-0.15, -0.1) is 0 Å². The van der Waals surface area contributed by atoms with Gasteiger partial charge in [-0.25, -0.2) is 17.7 Å². The lowest BCUT2D eigenvalue weighted by Gasteiger charge is -2.32. The number of sulfonamides is 1. The average Bonchev–Trinajstić information content (AvgIpc) is 3.31. The molecule has 1 aromatic carbocycles. The van der Waals surface area contributed by atoms with E-state index in [2.05, 4.69) is 24.8 Å². The van der Waals surface area contributed by atoms with Gasteiger partial charge in [0.1, 0.15) is 22.3 Å². The minimum atomic E-state index is -3.98. The summed E-state index contributed by atoms with van der Waals surface area (Å²) >= 11 is 0. The van der Waals surface area contributed by atoms with Crippen LogP contribution in [0, 0.1) is 0 Å². The summed E-state index contributed by atoms with van der Waals surface area (Å²) < 4.78 is 34.6. The zero-order valence-electron chi connectivity index (χ0n) is 14.6. The van der Waals surface area contributed by atoms with Gasteiger partial charge in [0.25, 0.3) is 0 Å². The lowest BCUT2D eigenvalue weighted by atomic mass is 10.1. The summed E-state index contributed by atoms with van der Waals surface area (Å²) in [5, 5.41) is 11.5. The minimum Gasteiger partial charge on any atom is -0.296 e. The first-order valence-electron chi connectivity index (χ1n) is 8.58. The van der Waals surface area contributed by atoms with E-state index >= 15 is 0 Å². The first-order valence-corrected chi connectivity index (χ1v) is 10.1. The zero-order valence-corrected chi connectivity index (χ0v) is 15.4. The molecule has 1 atom stereocenters. The highest BCUT2D eigenvalue weighted by Crippen LogP contribution is 2.24. The molecule has 0 bridgehead atoms. The van der Waals surface area contributed by atoms with Crippen LogP contribution in [0.15, 0.2) is 40.0 Å². The number of benzene rings is 1. The first-order chi connectivity index (χ1) is 13.0. The van der Waals surface area contributed by atoms with Gasteiger partial charge in [-0.2, -0.15) is 9.82 Å². The van der Waals surface area contributed by atoms with Crippen molar-refractivity contribution in [2.75, 3.05) is 11.4 Å². The number of rotatable bonds is 5. The van der Waals surface area contributed by atoms with Crippen molar-refractivity contribution >= 4 is 32.8 Å². The highest BCUT2D eigenvalue weighted by Gasteiger charge is 2.35. The van der Waals surface area contributed by atoms with Crippen LogP contribution in [0.3, 0.4) is 0 Å². The fourth-order valence-corrected chi connectivity index (χ4v) is 4.63. The molecule has 0 aliphatic carbocycles. The maximum atomic E-state index is 12.9. The van der Waals surface area contributed by atoms with Crippen LogP contribution in [0.5, 0.6) is 0 Å². The highest BCUT2D eigenvalue weighted by molar-refractivity contribution is 7.89. The first kappa shape index (κ1) is 17.6. The van der Waals surface area contributed by atoms with Gasteiger partial charge in [-0.1, -0.05) is 6.07 Å². The Morgan fingerprint density at radius 3 is 2.96 bits per heavy atom. The molecule has 0 saturated carbocycles. The molecular formula is C16H18N6O4S. The number of hydrogen-bond donors (Lipinski definition) is 1. The molecule has 3 aromatic rings. The van der Waals surface area contributed by atoms with Crippen molar-refractivity contribution in [3.8, 4) is 0 Å². The third-order valence-corrected chi connectivity index (χ3v) is 6.05. The normalized spacial score (nSPS) is 18.3. The molecule has 0 radical (unpaired) electrons. The number of fused-ring (bicyclic) bond motifs is 1. The number of nitrogens with one attached hydrogen (secondary N) is 1. The van der Waals surface area contributed by atoms with Gasteiger partial charge >= 0.3 is 0 Å². The van der Waals surface area contributed by atoms with E-state index in [-0.39, 0.29) is 16.3 Å². The molecule has 1 N–H and O–H groups in total. The Kier molecular flexibility index (Phi) is 4.40. The molecule has 1 aliphatic heterocycles. The molecule has 4 rings (SSSR count). The van der Waals surface area contributed by atoms with Crippen LogP contribution in [-0.4, -0.2) is 47.0 Å². The van der Waals surface area contributed by atoms with E-state index in [1.165, 1.54) is 6.07 Å². The van der Waals surface area contributed by atoms with Crippen molar-refractivity contribution in [1.29, 1.82) is 0 Å². The van der Waals surface area contributed by atoms with Gasteiger partial charge in [0.05, 0.1) is 6.20 Å². The van der Waals surface area contributed by atoms with Crippen LogP contribution >= 0.6 is 0 Å². The molecule has 0 spiro atoms. The summed E-state index contributed by atoms with van der Waals surface area (Å²) in [5.41, 5.74) is 0.468. The topological polar surface area (TPSA) is 123 Å². The van der Waals surface area contributed by atoms with Gasteiger partial charge < -0.3 is 0 Å². The average molecular weight is 390 g/mol. The molecule has 0 unspecified atom stereocenters. The van der Waals surface area contributed by atoms with Gasteiger partial charge in [0, 0.05) is 19.2 Å². The van der Waals surface area contributed by atoms with Crippen LogP contribution in [0.2, 0.25) is 0 Å². The van der Waals surface area contributed by atoms with E-state index in [0.717, 1.165) is 0 Å². The zero-order chi connectivity index (χ0) is 19.0. The molecule has 2 aromatic heterocycles. The summed E-state index contributed by atoms with van der Waals surface area (Å²) in [6, 6.07) is 5.45. The molecule has 27 heavy (non-hydrogen) atoms. The summed E-state index contributed by atoms with van der Waals surface area (Å²) in [6.45, 7) is 3.06. The maximum absolute atomic E-state index is 12.9. The van der Waals surface area contributed by atoms with Crippen LogP contribution in [0.1, 0.15) is 19.8 Å². The summed E-state index contributed by atoms with van der Waals surface area (Å²) in [4.78, 5) is 14.4. The number of aromatic nitrogens is 4. The molecule has 1 fully saturated rings. The molecular weight excluding hydrogens is 372 g/mol. The number of anilines is 1. The third-order valence-electron chi connectivity index (χ3n) is 4.54. The Labute approximate surface area is 155 Å². The smallest absolute Gasteiger partial charge is 0.246 e. The largest absolute Gasteiger partial charge is 0.296 e. The van der Waals surface area contributed by atoms with Crippen LogP contribution < -0.4 is 9.62 Å². The minimum absolute atomic E-state index is 0.0650. The van der Waals surface area contributed by atoms with E-state index in [1.807, 2.05) is 6.92 Å². The Bertz CT molecular complexity index is 1090. The van der Waals surface area contributed by atoms with Crippen molar-refractivity contribution in [1.82, 2.24) is 24.8 Å². The van der Waals surface area contributed by atoms with Crippen molar-refractivity contribution < 1.29 is 17.8 Å². The molecule has 11 heteroatoms. The lowest BCUT2D eigenvalue weighted by Crippen LogP contribution is -2.52. The number of nitrogens with zero attached hydrogens (tertiary/aromatic N) is 5. The quantitative estimate of drug-likeness (QED) is 0.687. The van der Waals surface area contributed by atoms with E-state index in [4.69, 9.17) is 0 Å². The molecule has 1 aliphatic rings. The monoisotopic (exact) mass is 390 g/mol. The fourth-order valence-electron chi connectivity index (χ4n) is 3.26. The number of carbonyl (C=O) groups is 1. The second-order valence-electron chi connectivity index (χ2n) is 6.20. The summed E-state index contributed by atoms with van der Waals surface area (Å²) in [5.74, 6) is 0.361. The Morgan fingerprint density at radius 1 is 1.30 bits per heavy atom. The van der Waals surface area contributed by atoms with E-state index in [0.29, 0.717) is 37.3 Å². The number of carbonyl (C=O) groups excluding carboxylic acids is 1. The predicted molar refractivity (Wildman–Crippen MR) is 95.4 cm³/mol. The third kappa shape index (κ3) is 3.08. The van der Waals surface area contributed by atoms with Crippen molar-refractivity contribution in [3.63, 3.8) is 0 Å². The second-order valence-corrected chi connectivity index (χ2v) is 7.88. The van der Waals surface area contributed by atoms with Gasteiger partial charge in [-0.05, 0) is 42.2 Å². The van der Waals surface area contributed by atoms with Gasteiger partial charge in [-0.3, -0.25) is 9.69 Å². The van der Waals surface area contributed by atoms with Gasteiger partial charge in [0.2, 0.25) is 15.9 Å². The molecule has 10 nitrogen and oxygen atoms in total. The maximum Gasteiger partial charge on any atom is 0.246 e. The highest BCUT2D eigenvalue weighted by atomic mass is 32.2. The number of hydrogen-bond acceptors (Lipinski definition) is 7. The molecule has 3 heterocycles. The lowest BCUT2D eigenvalue weighted by molar-refractivity contribution is -0.121. The molecule has 142 valence electrons. The van der Waals surface area contributed by atoms with Crippen molar-refractivity contribution in [2.45, 2.75) is 37.2 Å². The van der Waals surface area contributed by atoms with Gasteiger partial charge in [0.15, 0.2) is 5.52 Å². The number of aryl methyl sites for hydroxylation is 1. The Balaban J connectivity index is 1.62. The van der Waals surface area contributed by atoms with Crippen molar-refractivity contribution in [3.05, 3.63) is 30.5 Å². The summed E-state index contributed by atoms with van der Waals surface area (Å²) in [7, 11) is -3.98. The standard InChI is InChI=1S/C16H18N6O4S/c1-2-22-14(8-9-17-22)21-10-4-6-12(16(21)23)20-27(24,25)13-7-3-5-11-15(13)19-26-18-11/h3,5,7-9,12,20H,2,4,6,10H2,1H3/t12-/m1/s1. The van der Waals surface area contributed by atoms with E-state index < -0.39 is 16.1 Å². The van der Waals surface area contributed by atoms with E-state index in [1.54, 1.807) is 34.0 Å². The fraction of sp³-hybridized carbons (Fsp3) is 0.375. The molecule has 1 amide bonds. The summed E-state index contributed by atoms with van der Waals surface area (Å²) in [6.07, 6.45) is 2.71. The van der Waals surface area contributed by atoms with Crippen LogP contribution in [-0.2, 0) is 21.4 Å². The predicted octanol–water partition coefficient (Wildman–Crippen LogP) is 0.913. The Hall–Kier alpha value is -2.79.